The summed E-state index contributed by atoms with van der Waals surface area (Å²) in [4.78, 5) is 14.0. The molecule has 0 amide bonds. The van der Waals surface area contributed by atoms with E-state index < -0.39 is 0 Å². The molecular weight excluding hydrogens is 256 g/mol. The van der Waals surface area contributed by atoms with Crippen molar-refractivity contribution in [2.75, 3.05) is 39.1 Å². The number of hydrogen-bond acceptors (Lipinski definition) is 5. The molecule has 0 saturated heterocycles. The van der Waals surface area contributed by atoms with Crippen LogP contribution in [0.25, 0.3) is 0 Å². The van der Waals surface area contributed by atoms with Gasteiger partial charge in [-0.05, 0) is 25.1 Å². The summed E-state index contributed by atoms with van der Waals surface area (Å²) >= 11 is 0. The molecule has 0 spiro atoms. The second-order valence-electron chi connectivity index (χ2n) is 4.44. The number of nitrogen functional groups attached to an aromatic ring is 1. The summed E-state index contributed by atoms with van der Waals surface area (Å²) < 4.78 is 10.2. The van der Waals surface area contributed by atoms with E-state index >= 15 is 0 Å². The minimum atomic E-state index is -0.390. The first-order chi connectivity index (χ1) is 9.63. The van der Waals surface area contributed by atoms with Crippen LogP contribution in [0.5, 0.6) is 0 Å². The molecule has 112 valence electrons. The fourth-order valence-electron chi connectivity index (χ4n) is 2.03. The maximum atomic E-state index is 11.8. The third-order valence-corrected chi connectivity index (χ3v) is 3.17. The van der Waals surface area contributed by atoms with Gasteiger partial charge in [0.15, 0.2) is 0 Å². The van der Waals surface area contributed by atoms with Crippen LogP contribution < -0.4 is 5.73 Å². The maximum Gasteiger partial charge on any atom is 0.340 e. The lowest BCUT2D eigenvalue weighted by atomic mass is 10.0. The first kappa shape index (κ1) is 16.5. The van der Waals surface area contributed by atoms with Crippen molar-refractivity contribution >= 4 is 11.7 Å². The van der Waals surface area contributed by atoms with Gasteiger partial charge in [0.05, 0.1) is 19.3 Å². The van der Waals surface area contributed by atoms with Crippen molar-refractivity contribution in [3.05, 3.63) is 29.3 Å². The molecule has 0 saturated carbocycles. The molecule has 2 N–H and O–H groups in total. The van der Waals surface area contributed by atoms with Gasteiger partial charge in [-0.1, -0.05) is 19.1 Å². The zero-order valence-electron chi connectivity index (χ0n) is 12.5. The highest BCUT2D eigenvalue weighted by atomic mass is 16.5. The van der Waals surface area contributed by atoms with Crippen LogP contribution in [-0.2, 0) is 16.0 Å². The summed E-state index contributed by atoms with van der Waals surface area (Å²) in [5.41, 5.74) is 7.69. The van der Waals surface area contributed by atoms with Crippen LogP contribution in [-0.4, -0.2) is 44.3 Å². The minimum absolute atomic E-state index is 0.390. The predicted octanol–water partition coefficient (Wildman–Crippen LogP) is 1.91. The van der Waals surface area contributed by atoms with Crippen LogP contribution in [0.1, 0.15) is 29.8 Å². The van der Waals surface area contributed by atoms with Crippen molar-refractivity contribution in [3.8, 4) is 0 Å². The largest absolute Gasteiger partial charge is 0.465 e. The Morgan fingerprint density at radius 2 is 2.10 bits per heavy atom. The summed E-state index contributed by atoms with van der Waals surface area (Å²) in [6.45, 7) is 7.80. The van der Waals surface area contributed by atoms with E-state index in [4.69, 9.17) is 15.2 Å². The standard InChI is InChI=1S/C15H24N2O3/c1-4-17(9-10-20-5-2)11-12-7-6-8-13(16)14(12)15(18)19-3/h6-8H,4-5,9-11,16H2,1-3H3. The molecule has 0 aliphatic heterocycles. The van der Waals surface area contributed by atoms with Gasteiger partial charge >= 0.3 is 5.97 Å². The topological polar surface area (TPSA) is 64.8 Å². The number of hydrogen-bond donors (Lipinski definition) is 1. The molecule has 0 aromatic heterocycles. The molecule has 0 aliphatic rings. The van der Waals surface area contributed by atoms with Crippen LogP contribution in [0, 0.1) is 0 Å². The SMILES string of the molecule is CCOCCN(CC)Cc1cccc(N)c1C(=O)OC. The van der Waals surface area contributed by atoms with E-state index in [-0.39, 0.29) is 5.97 Å². The third-order valence-electron chi connectivity index (χ3n) is 3.17. The van der Waals surface area contributed by atoms with Crippen molar-refractivity contribution in [3.63, 3.8) is 0 Å². The van der Waals surface area contributed by atoms with Crippen LogP contribution in [0.15, 0.2) is 18.2 Å². The van der Waals surface area contributed by atoms with Crippen molar-refractivity contribution in [1.82, 2.24) is 4.90 Å². The van der Waals surface area contributed by atoms with E-state index in [1.165, 1.54) is 7.11 Å². The third kappa shape index (κ3) is 4.51. The average molecular weight is 280 g/mol. The number of nitrogens with two attached hydrogens (primary N) is 1. The summed E-state index contributed by atoms with van der Waals surface area (Å²) in [5, 5.41) is 0. The lowest BCUT2D eigenvalue weighted by molar-refractivity contribution is 0.0599. The first-order valence-electron chi connectivity index (χ1n) is 6.89. The molecule has 0 aliphatic carbocycles. The number of rotatable bonds is 8. The summed E-state index contributed by atoms with van der Waals surface area (Å²) in [6.07, 6.45) is 0. The van der Waals surface area contributed by atoms with Gasteiger partial charge in [0.1, 0.15) is 0 Å². The Morgan fingerprint density at radius 3 is 2.70 bits per heavy atom. The Bertz CT molecular complexity index is 435. The number of likely N-dealkylation sites (N-methyl/N-ethyl adjacent to an activating group) is 1. The summed E-state index contributed by atoms with van der Waals surface area (Å²) in [7, 11) is 1.37. The number of ether oxygens (including phenoxy) is 2. The van der Waals surface area contributed by atoms with Crippen LogP contribution in [0.4, 0.5) is 5.69 Å². The van der Waals surface area contributed by atoms with E-state index in [0.29, 0.717) is 31.0 Å². The van der Waals surface area contributed by atoms with E-state index in [9.17, 15) is 4.79 Å². The average Bonchev–Trinajstić information content (AvgIpc) is 2.45. The molecule has 5 heteroatoms. The number of benzene rings is 1. The smallest absolute Gasteiger partial charge is 0.340 e. The van der Waals surface area contributed by atoms with Crippen LogP contribution in [0.3, 0.4) is 0 Å². The Kier molecular flexibility index (Phi) is 7.04. The van der Waals surface area contributed by atoms with Gasteiger partial charge in [0, 0.05) is 25.4 Å². The molecule has 20 heavy (non-hydrogen) atoms. The van der Waals surface area contributed by atoms with Gasteiger partial charge in [-0.15, -0.1) is 0 Å². The fourth-order valence-corrected chi connectivity index (χ4v) is 2.03. The quantitative estimate of drug-likeness (QED) is 0.448. The Labute approximate surface area is 120 Å². The van der Waals surface area contributed by atoms with Crippen LogP contribution in [0.2, 0.25) is 0 Å². The molecule has 1 aromatic carbocycles. The van der Waals surface area contributed by atoms with Crippen LogP contribution >= 0.6 is 0 Å². The Morgan fingerprint density at radius 1 is 1.35 bits per heavy atom. The second-order valence-corrected chi connectivity index (χ2v) is 4.44. The molecule has 0 heterocycles. The van der Waals surface area contributed by atoms with E-state index in [1.807, 2.05) is 19.1 Å². The molecule has 1 rings (SSSR count). The highest BCUT2D eigenvalue weighted by Gasteiger charge is 2.16. The highest BCUT2D eigenvalue weighted by Crippen LogP contribution is 2.19. The summed E-state index contributed by atoms with van der Waals surface area (Å²) in [6, 6.07) is 5.48. The van der Waals surface area contributed by atoms with E-state index in [0.717, 1.165) is 18.7 Å². The number of methoxy groups -OCH3 is 1. The predicted molar refractivity (Wildman–Crippen MR) is 79.6 cm³/mol. The molecule has 5 nitrogen and oxygen atoms in total. The number of esters is 1. The zero-order valence-corrected chi connectivity index (χ0v) is 12.5. The zero-order chi connectivity index (χ0) is 15.0. The van der Waals surface area contributed by atoms with Gasteiger partial charge in [-0.25, -0.2) is 4.79 Å². The number of anilines is 1. The molecule has 0 radical (unpaired) electrons. The van der Waals surface area contributed by atoms with Crippen molar-refractivity contribution < 1.29 is 14.3 Å². The first-order valence-corrected chi connectivity index (χ1v) is 6.89. The number of nitrogens with zero attached hydrogens (tertiary/aromatic N) is 1. The molecule has 0 bridgehead atoms. The van der Waals surface area contributed by atoms with Crippen molar-refractivity contribution in [2.24, 2.45) is 0 Å². The lowest BCUT2D eigenvalue weighted by Crippen LogP contribution is -2.28. The van der Waals surface area contributed by atoms with Gasteiger partial charge in [-0.3, -0.25) is 4.90 Å². The van der Waals surface area contributed by atoms with Gasteiger partial charge < -0.3 is 15.2 Å². The van der Waals surface area contributed by atoms with Gasteiger partial charge in [-0.2, -0.15) is 0 Å². The monoisotopic (exact) mass is 280 g/mol. The normalized spacial score (nSPS) is 10.8. The van der Waals surface area contributed by atoms with Crippen molar-refractivity contribution in [2.45, 2.75) is 20.4 Å². The maximum absolute atomic E-state index is 11.8. The van der Waals surface area contributed by atoms with E-state index in [2.05, 4.69) is 11.8 Å². The molecule has 1 aromatic rings. The van der Waals surface area contributed by atoms with E-state index in [1.54, 1.807) is 6.07 Å². The fraction of sp³-hybridized carbons (Fsp3) is 0.533. The molecule has 0 unspecified atom stereocenters. The van der Waals surface area contributed by atoms with Gasteiger partial charge in [0.2, 0.25) is 0 Å². The Hall–Kier alpha value is -1.59. The Balaban J connectivity index is 2.84. The lowest BCUT2D eigenvalue weighted by Gasteiger charge is -2.22. The van der Waals surface area contributed by atoms with Gasteiger partial charge in [0.25, 0.3) is 0 Å². The highest BCUT2D eigenvalue weighted by molar-refractivity contribution is 5.96. The minimum Gasteiger partial charge on any atom is -0.465 e. The van der Waals surface area contributed by atoms with Crippen molar-refractivity contribution in [1.29, 1.82) is 0 Å². The second kappa shape index (κ2) is 8.55. The molecular formula is C15H24N2O3. The molecule has 0 fully saturated rings. The number of carbonyl (C=O) groups is 1. The summed E-state index contributed by atoms with van der Waals surface area (Å²) in [5.74, 6) is -0.390. The number of carbonyl (C=O) groups excluding carboxylic acids is 1. The molecule has 0 atom stereocenters.